The van der Waals surface area contributed by atoms with Crippen LogP contribution in [0.4, 0.5) is 0 Å². The number of aromatic nitrogens is 4. The third-order valence-corrected chi connectivity index (χ3v) is 3.91. The summed E-state index contributed by atoms with van der Waals surface area (Å²) in [5.41, 5.74) is 0.542. The maximum atomic E-state index is 12.1. The van der Waals surface area contributed by atoms with Crippen molar-refractivity contribution in [3.05, 3.63) is 63.4 Å². The Labute approximate surface area is 145 Å². The highest BCUT2D eigenvalue weighted by atomic mass is 35.5. The van der Waals surface area contributed by atoms with Crippen LogP contribution in [0, 0.1) is 0 Å². The van der Waals surface area contributed by atoms with Crippen molar-refractivity contribution in [1.29, 1.82) is 0 Å². The molecule has 0 aliphatic rings. The second-order valence-electron chi connectivity index (χ2n) is 4.64. The summed E-state index contributed by atoms with van der Waals surface area (Å²) in [6.07, 6.45) is 4.74. The first-order chi connectivity index (χ1) is 11.6. The monoisotopic (exact) mass is 362 g/mol. The van der Waals surface area contributed by atoms with E-state index in [4.69, 9.17) is 16.3 Å². The van der Waals surface area contributed by atoms with E-state index in [-0.39, 0.29) is 22.9 Å². The van der Waals surface area contributed by atoms with Crippen LogP contribution in [-0.4, -0.2) is 31.6 Å². The van der Waals surface area contributed by atoms with Crippen molar-refractivity contribution in [2.75, 3.05) is 6.26 Å². The zero-order chi connectivity index (χ0) is 17.1. The smallest absolute Gasteiger partial charge is 0.359 e. The molecule has 0 bridgehead atoms. The minimum absolute atomic E-state index is 0.0199. The van der Waals surface area contributed by atoms with Gasteiger partial charge in [0.25, 0.3) is 5.56 Å². The Morgan fingerprint density at radius 1 is 1.38 bits per heavy atom. The fourth-order valence-electron chi connectivity index (χ4n) is 1.98. The van der Waals surface area contributed by atoms with Crippen molar-refractivity contribution in [2.24, 2.45) is 0 Å². The molecule has 3 aromatic heterocycles. The zero-order valence-electron chi connectivity index (χ0n) is 12.5. The van der Waals surface area contributed by atoms with Gasteiger partial charge in [0.15, 0.2) is 10.9 Å². The van der Waals surface area contributed by atoms with Crippen LogP contribution in [0.1, 0.15) is 16.2 Å². The van der Waals surface area contributed by atoms with Gasteiger partial charge in [-0.05, 0) is 18.4 Å². The average molecular weight is 363 g/mol. The quantitative estimate of drug-likeness (QED) is 0.399. The molecule has 0 N–H and O–H groups in total. The summed E-state index contributed by atoms with van der Waals surface area (Å²) >= 11 is 7.21. The molecule has 0 spiro atoms. The predicted octanol–water partition coefficient (Wildman–Crippen LogP) is 2.22. The molecule has 24 heavy (non-hydrogen) atoms. The average Bonchev–Trinajstić information content (AvgIpc) is 2.60. The van der Waals surface area contributed by atoms with Crippen LogP contribution in [0.3, 0.4) is 0 Å². The van der Waals surface area contributed by atoms with Crippen molar-refractivity contribution in [3.8, 4) is 0 Å². The molecule has 0 amide bonds. The first kappa shape index (κ1) is 16.4. The highest BCUT2D eigenvalue weighted by Gasteiger charge is 2.16. The van der Waals surface area contributed by atoms with E-state index in [9.17, 15) is 9.59 Å². The van der Waals surface area contributed by atoms with Gasteiger partial charge < -0.3 is 4.74 Å². The summed E-state index contributed by atoms with van der Waals surface area (Å²) in [5.74, 6) is -0.701. The van der Waals surface area contributed by atoms with E-state index in [1.54, 1.807) is 30.7 Å². The van der Waals surface area contributed by atoms with E-state index in [1.165, 1.54) is 28.4 Å². The standard InChI is InChI=1S/C15H11ClN4O3S/c1-24-15-17-7-10(16)13(19-15)14(22)23-8-9-6-12(21)20-5-3-2-4-11(20)18-9/h2-7H,8H2,1H3. The number of hydrogen-bond donors (Lipinski definition) is 0. The number of fused-ring (bicyclic) bond motifs is 1. The molecule has 0 atom stereocenters. The Morgan fingerprint density at radius 2 is 2.21 bits per heavy atom. The van der Waals surface area contributed by atoms with Crippen LogP contribution < -0.4 is 5.56 Å². The SMILES string of the molecule is CSc1ncc(Cl)c(C(=O)OCc2cc(=O)n3ccccc3n2)n1. The molecule has 3 rings (SSSR count). The second kappa shape index (κ2) is 6.98. The number of thioether (sulfide) groups is 1. The predicted molar refractivity (Wildman–Crippen MR) is 89.4 cm³/mol. The van der Waals surface area contributed by atoms with Crippen molar-refractivity contribution in [2.45, 2.75) is 11.8 Å². The highest BCUT2D eigenvalue weighted by Crippen LogP contribution is 2.17. The van der Waals surface area contributed by atoms with E-state index in [2.05, 4.69) is 15.0 Å². The summed E-state index contributed by atoms with van der Waals surface area (Å²) < 4.78 is 6.56. The van der Waals surface area contributed by atoms with E-state index in [0.717, 1.165) is 0 Å². The van der Waals surface area contributed by atoms with Crippen molar-refractivity contribution < 1.29 is 9.53 Å². The minimum atomic E-state index is -0.701. The number of hydrogen-bond acceptors (Lipinski definition) is 7. The van der Waals surface area contributed by atoms with Crippen molar-refractivity contribution >= 4 is 35.0 Å². The summed E-state index contributed by atoms with van der Waals surface area (Å²) in [6.45, 7) is -0.158. The fourth-order valence-corrected chi connectivity index (χ4v) is 2.49. The van der Waals surface area contributed by atoms with Crippen LogP contribution in [0.25, 0.3) is 5.65 Å². The van der Waals surface area contributed by atoms with Gasteiger partial charge in [0.1, 0.15) is 12.3 Å². The van der Waals surface area contributed by atoms with Gasteiger partial charge in [-0.3, -0.25) is 9.20 Å². The molecule has 3 aromatic rings. The van der Waals surface area contributed by atoms with Gasteiger partial charge in [0, 0.05) is 12.3 Å². The number of carbonyl (C=O) groups is 1. The molecule has 0 aromatic carbocycles. The second-order valence-corrected chi connectivity index (χ2v) is 5.82. The number of esters is 1. The maximum Gasteiger partial charge on any atom is 0.359 e. The van der Waals surface area contributed by atoms with E-state index >= 15 is 0 Å². The van der Waals surface area contributed by atoms with Gasteiger partial charge in [-0.1, -0.05) is 29.4 Å². The summed E-state index contributed by atoms with van der Waals surface area (Å²) in [6, 6.07) is 6.51. The largest absolute Gasteiger partial charge is 0.454 e. The summed E-state index contributed by atoms with van der Waals surface area (Å²) in [4.78, 5) is 36.4. The number of ether oxygens (including phenoxy) is 1. The number of carbonyl (C=O) groups excluding carboxylic acids is 1. The number of pyridine rings is 1. The molecule has 9 heteroatoms. The molecular weight excluding hydrogens is 352 g/mol. The van der Waals surface area contributed by atoms with Gasteiger partial charge in [-0.2, -0.15) is 0 Å². The highest BCUT2D eigenvalue weighted by molar-refractivity contribution is 7.98. The van der Waals surface area contributed by atoms with E-state index in [1.807, 2.05) is 0 Å². The summed E-state index contributed by atoms with van der Waals surface area (Å²) in [5, 5.41) is 0.512. The van der Waals surface area contributed by atoms with Gasteiger partial charge in [-0.25, -0.2) is 19.7 Å². The third-order valence-electron chi connectivity index (χ3n) is 3.07. The molecule has 0 fully saturated rings. The lowest BCUT2D eigenvalue weighted by Crippen LogP contribution is -2.16. The molecule has 3 heterocycles. The zero-order valence-corrected chi connectivity index (χ0v) is 14.0. The van der Waals surface area contributed by atoms with Gasteiger partial charge in [-0.15, -0.1) is 0 Å². The van der Waals surface area contributed by atoms with Crippen LogP contribution in [0.2, 0.25) is 5.02 Å². The Balaban J connectivity index is 1.81. The van der Waals surface area contributed by atoms with E-state index < -0.39 is 5.97 Å². The van der Waals surface area contributed by atoms with Crippen molar-refractivity contribution in [1.82, 2.24) is 19.4 Å². The number of halogens is 1. The molecular formula is C15H11ClN4O3S. The topological polar surface area (TPSA) is 86.5 Å². The molecule has 7 nitrogen and oxygen atoms in total. The fraction of sp³-hybridized carbons (Fsp3) is 0.133. The lowest BCUT2D eigenvalue weighted by atomic mass is 10.3. The Kier molecular flexibility index (Phi) is 4.77. The molecule has 0 saturated heterocycles. The molecule has 0 aliphatic heterocycles. The molecule has 0 saturated carbocycles. The van der Waals surface area contributed by atoms with Gasteiger partial charge >= 0.3 is 5.97 Å². The number of nitrogens with zero attached hydrogens (tertiary/aromatic N) is 4. The van der Waals surface area contributed by atoms with E-state index in [0.29, 0.717) is 16.5 Å². The van der Waals surface area contributed by atoms with Gasteiger partial charge in [0.2, 0.25) is 0 Å². The molecule has 0 unspecified atom stereocenters. The lowest BCUT2D eigenvalue weighted by molar-refractivity contribution is 0.0459. The molecule has 122 valence electrons. The van der Waals surface area contributed by atoms with Crippen LogP contribution >= 0.6 is 23.4 Å². The molecule has 0 aliphatic carbocycles. The number of rotatable bonds is 4. The first-order valence-electron chi connectivity index (χ1n) is 6.79. The third kappa shape index (κ3) is 3.39. The first-order valence-corrected chi connectivity index (χ1v) is 8.40. The normalized spacial score (nSPS) is 10.8. The minimum Gasteiger partial charge on any atom is -0.454 e. The molecule has 0 radical (unpaired) electrons. The lowest BCUT2D eigenvalue weighted by Gasteiger charge is -2.07. The van der Waals surface area contributed by atoms with Crippen LogP contribution in [0.5, 0.6) is 0 Å². The Bertz CT molecular complexity index is 976. The Hall–Kier alpha value is -2.45. The van der Waals surface area contributed by atoms with Gasteiger partial charge in [0.05, 0.1) is 16.9 Å². The van der Waals surface area contributed by atoms with Crippen molar-refractivity contribution in [3.63, 3.8) is 0 Å². The van der Waals surface area contributed by atoms with Crippen LogP contribution in [0.15, 0.2) is 46.6 Å². The Morgan fingerprint density at radius 3 is 3.00 bits per heavy atom. The maximum absolute atomic E-state index is 12.1. The van der Waals surface area contributed by atoms with Crippen LogP contribution in [-0.2, 0) is 11.3 Å². The summed E-state index contributed by atoms with van der Waals surface area (Å²) in [7, 11) is 0.